The van der Waals surface area contributed by atoms with Gasteiger partial charge in [0.15, 0.2) is 0 Å². The van der Waals surface area contributed by atoms with Crippen molar-refractivity contribution in [1.82, 2.24) is 14.9 Å². The molecule has 1 unspecified atom stereocenters. The van der Waals surface area contributed by atoms with E-state index in [2.05, 4.69) is 4.98 Å². The summed E-state index contributed by atoms with van der Waals surface area (Å²) in [7, 11) is 0. The highest BCUT2D eigenvalue weighted by molar-refractivity contribution is 6.34. The van der Waals surface area contributed by atoms with E-state index in [1.807, 2.05) is 29.2 Å². The molecule has 0 radical (unpaired) electrons. The third-order valence-electron chi connectivity index (χ3n) is 4.85. The van der Waals surface area contributed by atoms with Gasteiger partial charge in [0.25, 0.3) is 0 Å². The zero-order chi connectivity index (χ0) is 18.1. The number of nitrogens with one attached hydrogen (secondary N) is 1. The standard InChI is InChI=1S/C20H19Cl2N3O/c21-15-8-13(9-16(22)11-15)10-19(26)25-7-3-4-14(12-25)20-23-17-5-1-2-6-18(17)24-20/h1-2,5-6,8-9,11,14H,3-4,7,10,12H2,(H,23,24). The van der Waals surface area contributed by atoms with Gasteiger partial charge in [-0.25, -0.2) is 4.98 Å². The van der Waals surface area contributed by atoms with Crippen LogP contribution in [0.4, 0.5) is 0 Å². The van der Waals surface area contributed by atoms with E-state index in [9.17, 15) is 4.79 Å². The zero-order valence-corrected chi connectivity index (χ0v) is 15.7. The lowest BCUT2D eigenvalue weighted by molar-refractivity contribution is -0.131. The summed E-state index contributed by atoms with van der Waals surface area (Å²) >= 11 is 12.1. The lowest BCUT2D eigenvalue weighted by atomic mass is 9.96. The Morgan fingerprint density at radius 2 is 1.96 bits per heavy atom. The van der Waals surface area contributed by atoms with Crippen LogP contribution in [-0.2, 0) is 11.2 Å². The fraction of sp³-hybridized carbons (Fsp3) is 0.300. The van der Waals surface area contributed by atoms with Crippen molar-refractivity contribution >= 4 is 40.1 Å². The molecule has 1 N–H and O–H groups in total. The first kappa shape index (κ1) is 17.4. The third-order valence-corrected chi connectivity index (χ3v) is 5.28. The van der Waals surface area contributed by atoms with E-state index in [0.29, 0.717) is 23.0 Å². The van der Waals surface area contributed by atoms with Crippen LogP contribution < -0.4 is 0 Å². The quantitative estimate of drug-likeness (QED) is 0.700. The van der Waals surface area contributed by atoms with Crippen molar-refractivity contribution in [2.24, 2.45) is 0 Å². The van der Waals surface area contributed by atoms with Gasteiger partial charge in [-0.05, 0) is 48.7 Å². The fourth-order valence-corrected chi connectivity index (χ4v) is 4.16. The molecule has 26 heavy (non-hydrogen) atoms. The van der Waals surface area contributed by atoms with Crippen LogP contribution in [0.3, 0.4) is 0 Å². The number of fused-ring (bicyclic) bond motifs is 1. The molecule has 0 saturated carbocycles. The summed E-state index contributed by atoms with van der Waals surface area (Å²) in [6.45, 7) is 1.47. The molecule has 0 spiro atoms. The molecule has 4 nitrogen and oxygen atoms in total. The zero-order valence-electron chi connectivity index (χ0n) is 14.2. The van der Waals surface area contributed by atoms with Crippen LogP contribution in [0.25, 0.3) is 11.0 Å². The van der Waals surface area contributed by atoms with E-state index in [4.69, 9.17) is 28.2 Å². The van der Waals surface area contributed by atoms with Crippen molar-refractivity contribution in [2.45, 2.75) is 25.2 Å². The van der Waals surface area contributed by atoms with Gasteiger partial charge in [0.2, 0.25) is 5.91 Å². The summed E-state index contributed by atoms with van der Waals surface area (Å²) in [6.07, 6.45) is 2.32. The molecule has 1 fully saturated rings. The second kappa shape index (κ2) is 7.29. The van der Waals surface area contributed by atoms with Gasteiger partial charge >= 0.3 is 0 Å². The van der Waals surface area contributed by atoms with Crippen LogP contribution in [0.15, 0.2) is 42.5 Å². The van der Waals surface area contributed by atoms with Gasteiger partial charge in [0.05, 0.1) is 17.5 Å². The number of nitrogens with zero attached hydrogens (tertiary/aromatic N) is 2. The Bertz CT molecular complexity index is 900. The lowest BCUT2D eigenvalue weighted by Crippen LogP contribution is -2.40. The SMILES string of the molecule is O=C(Cc1cc(Cl)cc(Cl)c1)N1CCCC(c2nc3ccccc3[nH]2)C1. The molecule has 4 rings (SSSR count). The molecular weight excluding hydrogens is 369 g/mol. The molecule has 1 aromatic heterocycles. The van der Waals surface area contributed by atoms with Crippen LogP contribution in [0, 0.1) is 0 Å². The average Bonchev–Trinajstić information content (AvgIpc) is 3.05. The Balaban J connectivity index is 1.48. The van der Waals surface area contributed by atoms with Gasteiger partial charge in [-0.1, -0.05) is 35.3 Å². The Hall–Kier alpha value is -2.04. The topological polar surface area (TPSA) is 49.0 Å². The summed E-state index contributed by atoms with van der Waals surface area (Å²) in [6, 6.07) is 13.3. The van der Waals surface area contributed by atoms with E-state index in [1.165, 1.54) is 0 Å². The number of para-hydroxylation sites is 2. The molecule has 0 aliphatic carbocycles. The van der Waals surface area contributed by atoms with Gasteiger partial charge < -0.3 is 9.88 Å². The first-order valence-corrected chi connectivity index (χ1v) is 9.51. The Morgan fingerprint density at radius 3 is 2.73 bits per heavy atom. The van der Waals surface area contributed by atoms with Gasteiger partial charge in [0.1, 0.15) is 5.82 Å². The highest BCUT2D eigenvalue weighted by Gasteiger charge is 2.26. The molecule has 1 saturated heterocycles. The van der Waals surface area contributed by atoms with Crippen LogP contribution >= 0.6 is 23.2 Å². The van der Waals surface area contributed by atoms with Crippen molar-refractivity contribution in [3.63, 3.8) is 0 Å². The number of carbonyl (C=O) groups is 1. The number of hydrogen-bond donors (Lipinski definition) is 1. The Labute approximate surface area is 162 Å². The van der Waals surface area contributed by atoms with Crippen LogP contribution in [0.5, 0.6) is 0 Å². The van der Waals surface area contributed by atoms with Gasteiger partial charge in [0, 0.05) is 29.1 Å². The number of likely N-dealkylation sites (tertiary alicyclic amines) is 1. The number of halogens is 2. The first-order chi connectivity index (χ1) is 12.6. The summed E-state index contributed by atoms with van der Waals surface area (Å²) in [5, 5.41) is 1.11. The summed E-state index contributed by atoms with van der Waals surface area (Å²) < 4.78 is 0. The molecule has 1 aliphatic rings. The maximum atomic E-state index is 12.7. The Morgan fingerprint density at radius 1 is 1.19 bits per heavy atom. The molecule has 1 amide bonds. The third kappa shape index (κ3) is 3.71. The van der Waals surface area contributed by atoms with Gasteiger partial charge in [-0.2, -0.15) is 0 Å². The number of H-pyrrole nitrogens is 1. The molecule has 0 bridgehead atoms. The van der Waals surface area contributed by atoms with E-state index >= 15 is 0 Å². The number of rotatable bonds is 3. The molecule has 2 aromatic carbocycles. The lowest BCUT2D eigenvalue weighted by Gasteiger charge is -2.32. The van der Waals surface area contributed by atoms with E-state index in [1.54, 1.807) is 18.2 Å². The second-order valence-corrected chi connectivity index (χ2v) is 7.65. The maximum Gasteiger partial charge on any atom is 0.227 e. The van der Waals surface area contributed by atoms with E-state index in [-0.39, 0.29) is 11.8 Å². The number of hydrogen-bond acceptors (Lipinski definition) is 2. The number of piperidine rings is 1. The summed E-state index contributed by atoms with van der Waals surface area (Å²) in [4.78, 5) is 22.8. The maximum absolute atomic E-state index is 12.7. The van der Waals surface area contributed by atoms with Crippen molar-refractivity contribution in [1.29, 1.82) is 0 Å². The summed E-state index contributed by atoms with van der Waals surface area (Å²) in [5.74, 6) is 1.31. The molecule has 1 aliphatic heterocycles. The Kier molecular flexibility index (Phi) is 4.88. The minimum absolute atomic E-state index is 0.101. The molecule has 1 atom stereocenters. The predicted octanol–water partition coefficient (Wildman–Crippen LogP) is 4.82. The number of aromatic nitrogens is 2. The minimum atomic E-state index is 0.101. The van der Waals surface area contributed by atoms with Crippen molar-refractivity contribution in [3.8, 4) is 0 Å². The monoisotopic (exact) mass is 387 g/mol. The largest absolute Gasteiger partial charge is 0.342 e. The fourth-order valence-electron chi connectivity index (χ4n) is 3.59. The van der Waals surface area contributed by atoms with Crippen LogP contribution in [0.2, 0.25) is 10.0 Å². The van der Waals surface area contributed by atoms with Gasteiger partial charge in [-0.15, -0.1) is 0 Å². The minimum Gasteiger partial charge on any atom is -0.342 e. The van der Waals surface area contributed by atoms with Crippen molar-refractivity contribution in [2.75, 3.05) is 13.1 Å². The normalized spacial score (nSPS) is 17.6. The summed E-state index contributed by atoms with van der Waals surface area (Å²) in [5.41, 5.74) is 2.86. The van der Waals surface area contributed by atoms with E-state index < -0.39 is 0 Å². The number of imidazole rings is 1. The second-order valence-electron chi connectivity index (χ2n) is 6.77. The molecular formula is C20H19Cl2N3O. The predicted molar refractivity (Wildman–Crippen MR) is 105 cm³/mol. The highest BCUT2D eigenvalue weighted by Crippen LogP contribution is 2.27. The number of amides is 1. The van der Waals surface area contributed by atoms with Crippen LogP contribution in [-0.4, -0.2) is 33.9 Å². The smallest absolute Gasteiger partial charge is 0.227 e. The first-order valence-electron chi connectivity index (χ1n) is 8.76. The molecule has 6 heteroatoms. The van der Waals surface area contributed by atoms with Crippen molar-refractivity contribution in [3.05, 3.63) is 63.9 Å². The number of benzene rings is 2. The van der Waals surface area contributed by atoms with Crippen LogP contribution in [0.1, 0.15) is 30.1 Å². The molecule has 3 aromatic rings. The number of carbonyl (C=O) groups excluding carboxylic acids is 1. The molecule has 2 heterocycles. The van der Waals surface area contributed by atoms with Gasteiger partial charge in [-0.3, -0.25) is 4.79 Å². The van der Waals surface area contributed by atoms with E-state index in [0.717, 1.165) is 41.8 Å². The highest BCUT2D eigenvalue weighted by atomic mass is 35.5. The molecule has 134 valence electrons. The number of aromatic amines is 1. The van der Waals surface area contributed by atoms with Crippen molar-refractivity contribution < 1.29 is 4.79 Å². The average molecular weight is 388 g/mol.